The molecule has 5 nitrogen and oxygen atoms in total. The van der Waals surface area contributed by atoms with Crippen LogP contribution in [-0.4, -0.2) is 18.7 Å². The van der Waals surface area contributed by atoms with Crippen LogP contribution >= 0.6 is 11.6 Å². The molecule has 1 aliphatic rings. The van der Waals surface area contributed by atoms with E-state index in [2.05, 4.69) is 5.32 Å². The lowest BCUT2D eigenvalue weighted by Gasteiger charge is -2.18. The zero-order chi connectivity index (χ0) is 14.7. The second-order valence-electron chi connectivity index (χ2n) is 5.26. The van der Waals surface area contributed by atoms with Crippen LogP contribution in [0.2, 0.25) is 5.02 Å². The van der Waals surface area contributed by atoms with Gasteiger partial charge in [-0.3, -0.25) is 4.79 Å². The SMILES string of the molecule is CC(C)CC(NCc1cc2c(cc1Cl)OCO2)C(N)=O. The van der Waals surface area contributed by atoms with Crippen LogP contribution in [0.5, 0.6) is 11.5 Å². The Morgan fingerprint density at radius 1 is 1.40 bits per heavy atom. The molecule has 0 saturated carbocycles. The number of hydrogen-bond acceptors (Lipinski definition) is 4. The van der Waals surface area contributed by atoms with E-state index in [-0.39, 0.29) is 18.7 Å². The Morgan fingerprint density at radius 3 is 2.65 bits per heavy atom. The first-order valence-corrected chi connectivity index (χ1v) is 6.96. The third-order valence-electron chi connectivity index (χ3n) is 3.13. The third-order valence-corrected chi connectivity index (χ3v) is 3.48. The molecule has 0 spiro atoms. The average molecular weight is 299 g/mol. The van der Waals surface area contributed by atoms with Crippen molar-refractivity contribution >= 4 is 17.5 Å². The number of carbonyl (C=O) groups is 1. The van der Waals surface area contributed by atoms with Gasteiger partial charge < -0.3 is 20.5 Å². The van der Waals surface area contributed by atoms with Gasteiger partial charge in [-0.2, -0.15) is 0 Å². The fraction of sp³-hybridized carbons (Fsp3) is 0.500. The van der Waals surface area contributed by atoms with Crippen molar-refractivity contribution in [2.45, 2.75) is 32.9 Å². The van der Waals surface area contributed by atoms with Gasteiger partial charge in [0.1, 0.15) is 0 Å². The number of amides is 1. The quantitative estimate of drug-likeness (QED) is 0.843. The lowest BCUT2D eigenvalue weighted by atomic mass is 10.0. The highest BCUT2D eigenvalue weighted by Gasteiger charge is 2.19. The summed E-state index contributed by atoms with van der Waals surface area (Å²) in [5.41, 5.74) is 6.25. The number of rotatable bonds is 6. The third kappa shape index (κ3) is 3.55. The fourth-order valence-corrected chi connectivity index (χ4v) is 2.32. The van der Waals surface area contributed by atoms with Gasteiger partial charge in [0.15, 0.2) is 11.5 Å². The van der Waals surface area contributed by atoms with Gasteiger partial charge in [0.05, 0.1) is 6.04 Å². The van der Waals surface area contributed by atoms with Gasteiger partial charge in [-0.25, -0.2) is 0 Å². The number of hydrogen-bond donors (Lipinski definition) is 2. The summed E-state index contributed by atoms with van der Waals surface area (Å²) in [6.07, 6.45) is 0.692. The molecule has 110 valence electrons. The molecule has 0 saturated heterocycles. The van der Waals surface area contributed by atoms with E-state index in [4.69, 9.17) is 26.8 Å². The van der Waals surface area contributed by atoms with Crippen LogP contribution in [0, 0.1) is 5.92 Å². The number of carbonyl (C=O) groups excluding carboxylic acids is 1. The second-order valence-corrected chi connectivity index (χ2v) is 5.67. The van der Waals surface area contributed by atoms with E-state index in [1.54, 1.807) is 6.07 Å². The van der Waals surface area contributed by atoms with Crippen LogP contribution in [0.25, 0.3) is 0 Å². The minimum absolute atomic E-state index is 0.208. The topological polar surface area (TPSA) is 73.6 Å². The Hall–Kier alpha value is -1.46. The first-order chi connectivity index (χ1) is 9.47. The molecule has 1 unspecified atom stereocenters. The monoisotopic (exact) mass is 298 g/mol. The first kappa shape index (κ1) is 14.9. The lowest BCUT2D eigenvalue weighted by molar-refractivity contribution is -0.120. The molecule has 1 aromatic rings. The number of ether oxygens (including phenoxy) is 2. The van der Waals surface area contributed by atoms with E-state index in [1.807, 2.05) is 19.9 Å². The maximum absolute atomic E-state index is 11.4. The predicted molar refractivity (Wildman–Crippen MR) is 76.9 cm³/mol. The molecule has 20 heavy (non-hydrogen) atoms. The summed E-state index contributed by atoms with van der Waals surface area (Å²) in [7, 11) is 0. The second kappa shape index (κ2) is 6.33. The fourth-order valence-electron chi connectivity index (χ4n) is 2.10. The van der Waals surface area contributed by atoms with Gasteiger partial charge in [0.25, 0.3) is 0 Å². The summed E-state index contributed by atoms with van der Waals surface area (Å²) in [5, 5.41) is 3.72. The van der Waals surface area contributed by atoms with Crippen molar-refractivity contribution < 1.29 is 14.3 Å². The van der Waals surface area contributed by atoms with Crippen LogP contribution < -0.4 is 20.5 Å². The highest BCUT2D eigenvalue weighted by molar-refractivity contribution is 6.31. The summed E-state index contributed by atoms with van der Waals surface area (Å²) >= 11 is 6.18. The molecule has 0 bridgehead atoms. The number of nitrogens with one attached hydrogen (secondary N) is 1. The standard InChI is InChI=1S/C14H19ClN2O3/c1-8(2)3-11(14(16)18)17-6-9-4-12-13(5-10(9)15)20-7-19-12/h4-5,8,11,17H,3,6-7H2,1-2H3,(H2,16,18). The Bertz CT molecular complexity index is 505. The molecule has 1 amide bonds. The van der Waals surface area contributed by atoms with Crippen LogP contribution in [0.15, 0.2) is 12.1 Å². The van der Waals surface area contributed by atoms with Crippen LogP contribution in [-0.2, 0) is 11.3 Å². The van der Waals surface area contributed by atoms with Crippen molar-refractivity contribution in [3.8, 4) is 11.5 Å². The van der Waals surface area contributed by atoms with E-state index >= 15 is 0 Å². The molecule has 1 aliphatic heterocycles. The van der Waals surface area contributed by atoms with E-state index < -0.39 is 0 Å². The van der Waals surface area contributed by atoms with Gasteiger partial charge >= 0.3 is 0 Å². The zero-order valence-electron chi connectivity index (χ0n) is 11.6. The van der Waals surface area contributed by atoms with Crippen molar-refractivity contribution in [2.75, 3.05) is 6.79 Å². The Balaban J connectivity index is 2.04. The van der Waals surface area contributed by atoms with Crippen molar-refractivity contribution in [1.82, 2.24) is 5.32 Å². The molecule has 1 atom stereocenters. The molecule has 0 aliphatic carbocycles. The molecule has 1 aromatic carbocycles. The van der Waals surface area contributed by atoms with Crippen LogP contribution in [0.4, 0.5) is 0 Å². The molecule has 0 radical (unpaired) electrons. The Kier molecular flexibility index (Phi) is 4.73. The predicted octanol–water partition coefficient (Wildman–Crippen LogP) is 2.06. The van der Waals surface area contributed by atoms with Crippen LogP contribution in [0.3, 0.4) is 0 Å². The summed E-state index contributed by atoms with van der Waals surface area (Å²) in [6, 6.07) is 3.18. The molecular weight excluding hydrogens is 280 g/mol. The minimum atomic E-state index is -0.364. The summed E-state index contributed by atoms with van der Waals surface area (Å²) in [5.74, 6) is 1.35. The molecule has 0 fully saturated rings. The van der Waals surface area contributed by atoms with Gasteiger partial charge in [0.2, 0.25) is 12.7 Å². The van der Waals surface area contributed by atoms with Crippen LogP contribution in [0.1, 0.15) is 25.8 Å². The highest BCUT2D eigenvalue weighted by Crippen LogP contribution is 2.36. The van der Waals surface area contributed by atoms with Crippen molar-refractivity contribution in [2.24, 2.45) is 11.7 Å². The maximum Gasteiger partial charge on any atom is 0.234 e. The van der Waals surface area contributed by atoms with Crippen molar-refractivity contribution in [1.29, 1.82) is 0 Å². The van der Waals surface area contributed by atoms with E-state index in [0.29, 0.717) is 35.4 Å². The summed E-state index contributed by atoms with van der Waals surface area (Å²) < 4.78 is 10.6. The average Bonchev–Trinajstić information content (AvgIpc) is 2.80. The number of halogens is 1. The first-order valence-electron chi connectivity index (χ1n) is 6.58. The normalized spacial score (nSPS) is 14.6. The zero-order valence-corrected chi connectivity index (χ0v) is 12.4. The smallest absolute Gasteiger partial charge is 0.234 e. The van der Waals surface area contributed by atoms with Crippen molar-refractivity contribution in [3.63, 3.8) is 0 Å². The van der Waals surface area contributed by atoms with Gasteiger partial charge in [-0.15, -0.1) is 0 Å². The lowest BCUT2D eigenvalue weighted by Crippen LogP contribution is -2.41. The minimum Gasteiger partial charge on any atom is -0.454 e. The highest BCUT2D eigenvalue weighted by atomic mass is 35.5. The molecular formula is C14H19ClN2O3. The van der Waals surface area contributed by atoms with Gasteiger partial charge in [-0.1, -0.05) is 25.4 Å². The van der Waals surface area contributed by atoms with Crippen molar-refractivity contribution in [3.05, 3.63) is 22.7 Å². The number of benzene rings is 1. The number of primary amides is 1. The van der Waals surface area contributed by atoms with Gasteiger partial charge in [0, 0.05) is 17.6 Å². The molecule has 2 rings (SSSR count). The maximum atomic E-state index is 11.4. The molecule has 0 aromatic heterocycles. The summed E-state index contributed by atoms with van der Waals surface area (Å²) in [6.45, 7) is 4.76. The number of fused-ring (bicyclic) bond motifs is 1. The molecule has 6 heteroatoms. The van der Waals surface area contributed by atoms with E-state index in [9.17, 15) is 4.79 Å². The molecule has 3 N–H and O–H groups in total. The van der Waals surface area contributed by atoms with E-state index in [1.165, 1.54) is 0 Å². The summed E-state index contributed by atoms with van der Waals surface area (Å²) in [4.78, 5) is 11.4. The Morgan fingerprint density at radius 2 is 2.05 bits per heavy atom. The number of nitrogens with two attached hydrogens (primary N) is 1. The van der Waals surface area contributed by atoms with Gasteiger partial charge in [-0.05, 0) is 24.0 Å². The Labute approximate surface area is 123 Å². The van der Waals surface area contributed by atoms with E-state index in [0.717, 1.165) is 5.56 Å². The molecule has 1 heterocycles. The largest absolute Gasteiger partial charge is 0.454 e.